The van der Waals surface area contributed by atoms with Crippen molar-refractivity contribution in [2.24, 2.45) is 0 Å². The van der Waals surface area contributed by atoms with Gasteiger partial charge in [0.2, 0.25) is 0 Å². The molecule has 10 nitrogen and oxygen atoms in total. The lowest BCUT2D eigenvalue weighted by Gasteiger charge is -2.28. The van der Waals surface area contributed by atoms with Crippen molar-refractivity contribution in [3.05, 3.63) is 30.0 Å². The minimum atomic E-state index is -0.946. The van der Waals surface area contributed by atoms with Gasteiger partial charge in [0.05, 0.1) is 51.2 Å². The molecule has 1 saturated carbocycles. The molecule has 0 unspecified atom stereocenters. The summed E-state index contributed by atoms with van der Waals surface area (Å²) in [7, 11) is 3.21. The number of methoxy groups -OCH3 is 2. The van der Waals surface area contributed by atoms with Crippen LogP contribution in [0.2, 0.25) is 0 Å². The maximum absolute atomic E-state index is 13.3. The number of carbonyl (C=O) groups excluding carboxylic acids is 1. The van der Waals surface area contributed by atoms with Crippen molar-refractivity contribution in [2.45, 2.75) is 50.6 Å². The van der Waals surface area contributed by atoms with Crippen LogP contribution in [0.4, 0.5) is 0 Å². The third-order valence-corrected chi connectivity index (χ3v) is 6.98. The number of ether oxygens (including phenoxy) is 3. The van der Waals surface area contributed by atoms with Crippen molar-refractivity contribution in [1.29, 1.82) is 0 Å². The summed E-state index contributed by atoms with van der Waals surface area (Å²) in [6.45, 7) is 3.66. The maximum Gasteiger partial charge on any atom is 0.305 e. The Morgan fingerprint density at radius 2 is 1.83 bits per heavy atom. The Kier molecular flexibility index (Phi) is 8.82. The Balaban J connectivity index is 1.60. The van der Waals surface area contributed by atoms with Gasteiger partial charge >= 0.3 is 5.97 Å². The maximum atomic E-state index is 13.3. The molecule has 2 heterocycles. The first-order valence-corrected chi connectivity index (χ1v) is 12.6. The number of nitrogens with one attached hydrogen (secondary N) is 1. The first-order chi connectivity index (χ1) is 17.5. The lowest BCUT2D eigenvalue weighted by Crippen LogP contribution is -2.42. The van der Waals surface area contributed by atoms with E-state index in [1.54, 1.807) is 20.3 Å². The van der Waals surface area contributed by atoms with Crippen molar-refractivity contribution in [3.63, 3.8) is 0 Å². The third-order valence-electron chi connectivity index (χ3n) is 6.98. The molecule has 1 atom stereocenters. The molecule has 10 heteroatoms. The Morgan fingerprint density at radius 3 is 2.44 bits per heavy atom. The molecule has 1 saturated heterocycles. The van der Waals surface area contributed by atoms with Gasteiger partial charge in [-0.25, -0.2) is 0 Å². The van der Waals surface area contributed by atoms with E-state index in [4.69, 9.17) is 19.3 Å². The number of nitrogens with zero attached hydrogens (tertiary/aromatic N) is 3. The largest absolute Gasteiger partial charge is 0.496 e. The van der Waals surface area contributed by atoms with Crippen molar-refractivity contribution < 1.29 is 28.9 Å². The van der Waals surface area contributed by atoms with Crippen LogP contribution in [0.5, 0.6) is 11.5 Å². The molecule has 1 aliphatic carbocycles. The molecule has 36 heavy (non-hydrogen) atoms. The first kappa shape index (κ1) is 26.0. The average molecular weight is 501 g/mol. The highest BCUT2D eigenvalue weighted by molar-refractivity contribution is 5.94. The number of carboxylic acid groups (broad SMARTS) is 1. The van der Waals surface area contributed by atoms with Gasteiger partial charge in [-0.3, -0.25) is 19.2 Å². The van der Waals surface area contributed by atoms with Crippen LogP contribution in [0, 0.1) is 0 Å². The minimum Gasteiger partial charge on any atom is -0.496 e. The summed E-state index contributed by atoms with van der Waals surface area (Å²) in [6, 6.07) is 7.01. The number of rotatable bonds is 11. The smallest absolute Gasteiger partial charge is 0.305 e. The van der Waals surface area contributed by atoms with Crippen LogP contribution in [0.1, 0.15) is 55.1 Å². The van der Waals surface area contributed by atoms with E-state index >= 15 is 0 Å². The predicted molar refractivity (Wildman–Crippen MR) is 134 cm³/mol. The number of carboxylic acids is 1. The van der Waals surface area contributed by atoms with Gasteiger partial charge in [-0.1, -0.05) is 18.9 Å². The van der Waals surface area contributed by atoms with Crippen LogP contribution in [-0.4, -0.2) is 84.8 Å². The summed E-state index contributed by atoms with van der Waals surface area (Å²) >= 11 is 0. The number of benzene rings is 1. The zero-order valence-electron chi connectivity index (χ0n) is 21.1. The SMILES string of the molecule is COc1cccc(OC)c1-c1cc(C(=O)N[C@@H](CCN2CCOCC2)CC(=O)O)nn1C1CCCC1. The van der Waals surface area contributed by atoms with E-state index in [0.717, 1.165) is 50.0 Å². The van der Waals surface area contributed by atoms with Crippen LogP contribution < -0.4 is 14.8 Å². The monoisotopic (exact) mass is 500 g/mol. The Morgan fingerprint density at radius 1 is 1.17 bits per heavy atom. The fraction of sp³-hybridized carbons (Fsp3) is 0.577. The summed E-state index contributed by atoms with van der Waals surface area (Å²) in [5.74, 6) is -0.0576. The van der Waals surface area contributed by atoms with Crippen LogP contribution in [0.25, 0.3) is 11.3 Å². The molecular formula is C26H36N4O6. The summed E-state index contributed by atoms with van der Waals surface area (Å²) in [4.78, 5) is 27.1. The van der Waals surface area contributed by atoms with E-state index < -0.39 is 12.0 Å². The molecule has 1 aromatic heterocycles. The molecule has 2 aliphatic rings. The Labute approximate surface area is 211 Å². The summed E-state index contributed by atoms with van der Waals surface area (Å²) in [5, 5.41) is 17.1. The van der Waals surface area contributed by atoms with Gasteiger partial charge in [-0.05, 0) is 37.5 Å². The van der Waals surface area contributed by atoms with E-state index in [0.29, 0.717) is 37.7 Å². The fourth-order valence-corrected chi connectivity index (χ4v) is 5.08. The third kappa shape index (κ3) is 6.17. The number of morpholine rings is 1. The second kappa shape index (κ2) is 12.2. The zero-order valence-corrected chi connectivity index (χ0v) is 21.1. The topological polar surface area (TPSA) is 115 Å². The molecule has 196 valence electrons. The van der Waals surface area contributed by atoms with Gasteiger partial charge < -0.3 is 24.6 Å². The molecule has 0 spiro atoms. The number of aliphatic carboxylic acids is 1. The van der Waals surface area contributed by atoms with Gasteiger partial charge in [-0.2, -0.15) is 5.10 Å². The standard InChI is InChI=1S/C26H36N4O6/c1-34-22-8-5-9-23(35-2)25(22)21-17-20(28-30(21)19-6-3-4-7-19)26(33)27-18(16-24(31)32)10-11-29-12-14-36-15-13-29/h5,8-9,17-19H,3-4,6-7,10-16H2,1-2H3,(H,27,33)(H,31,32)/t18-/m0/s1. The van der Waals surface area contributed by atoms with Crippen molar-refractivity contribution in [2.75, 3.05) is 47.1 Å². The van der Waals surface area contributed by atoms with E-state index in [1.165, 1.54) is 0 Å². The minimum absolute atomic E-state index is 0.146. The number of amides is 1. The number of hydrogen-bond donors (Lipinski definition) is 2. The molecule has 1 aliphatic heterocycles. The normalized spacial score (nSPS) is 17.6. The molecule has 0 bridgehead atoms. The highest BCUT2D eigenvalue weighted by Gasteiger charge is 2.28. The van der Waals surface area contributed by atoms with Gasteiger partial charge in [0.1, 0.15) is 11.5 Å². The molecule has 2 N–H and O–H groups in total. The van der Waals surface area contributed by atoms with E-state index in [1.807, 2.05) is 22.9 Å². The molecular weight excluding hydrogens is 464 g/mol. The number of carbonyl (C=O) groups is 2. The zero-order chi connectivity index (χ0) is 25.5. The second-order valence-electron chi connectivity index (χ2n) is 9.35. The predicted octanol–water partition coefficient (Wildman–Crippen LogP) is 2.98. The van der Waals surface area contributed by atoms with Crippen LogP contribution in [0.15, 0.2) is 24.3 Å². The summed E-state index contributed by atoms with van der Waals surface area (Å²) < 4.78 is 18.6. The Bertz CT molecular complexity index is 1020. The van der Waals surface area contributed by atoms with Crippen molar-refractivity contribution in [3.8, 4) is 22.8 Å². The van der Waals surface area contributed by atoms with Crippen LogP contribution in [-0.2, 0) is 9.53 Å². The summed E-state index contributed by atoms with van der Waals surface area (Å²) in [5.41, 5.74) is 1.76. The van der Waals surface area contributed by atoms with E-state index in [2.05, 4.69) is 10.2 Å². The van der Waals surface area contributed by atoms with Gasteiger partial charge in [0, 0.05) is 25.7 Å². The highest BCUT2D eigenvalue weighted by Crippen LogP contribution is 2.41. The van der Waals surface area contributed by atoms with Crippen molar-refractivity contribution >= 4 is 11.9 Å². The molecule has 2 aromatic rings. The molecule has 1 amide bonds. The number of hydrogen-bond acceptors (Lipinski definition) is 7. The number of aromatic nitrogens is 2. The van der Waals surface area contributed by atoms with Gasteiger partial charge in [-0.15, -0.1) is 0 Å². The molecule has 1 aromatic carbocycles. The van der Waals surface area contributed by atoms with Gasteiger partial charge in [0.25, 0.3) is 5.91 Å². The quantitative estimate of drug-likeness (QED) is 0.484. The van der Waals surface area contributed by atoms with Crippen LogP contribution >= 0.6 is 0 Å². The second-order valence-corrected chi connectivity index (χ2v) is 9.35. The molecule has 4 rings (SSSR count). The fourth-order valence-electron chi connectivity index (χ4n) is 5.08. The van der Waals surface area contributed by atoms with E-state index in [-0.39, 0.29) is 24.1 Å². The summed E-state index contributed by atoms with van der Waals surface area (Å²) in [6.07, 6.45) is 4.57. The lowest BCUT2D eigenvalue weighted by atomic mass is 10.1. The van der Waals surface area contributed by atoms with Gasteiger partial charge in [0.15, 0.2) is 5.69 Å². The first-order valence-electron chi connectivity index (χ1n) is 12.6. The molecule has 2 fully saturated rings. The Hall–Kier alpha value is -3.11. The molecule has 0 radical (unpaired) electrons. The lowest BCUT2D eigenvalue weighted by molar-refractivity contribution is -0.137. The van der Waals surface area contributed by atoms with Crippen molar-refractivity contribution in [1.82, 2.24) is 20.0 Å². The highest BCUT2D eigenvalue weighted by atomic mass is 16.5. The van der Waals surface area contributed by atoms with Crippen LogP contribution in [0.3, 0.4) is 0 Å². The van der Waals surface area contributed by atoms with E-state index in [9.17, 15) is 14.7 Å². The average Bonchev–Trinajstić information content (AvgIpc) is 3.57.